The third kappa shape index (κ3) is 5.27. The van der Waals surface area contributed by atoms with Gasteiger partial charge in [0.05, 0.1) is 0 Å². The van der Waals surface area contributed by atoms with Gasteiger partial charge in [0.2, 0.25) is 0 Å². The van der Waals surface area contributed by atoms with E-state index in [2.05, 4.69) is 42.0 Å². The number of benzene rings is 1. The Morgan fingerprint density at radius 1 is 1.17 bits per heavy atom. The molecule has 0 saturated heterocycles. The zero-order valence-electron chi connectivity index (χ0n) is 14.2. The fraction of sp³-hybridized carbons (Fsp3) is 0.450. The van der Waals surface area contributed by atoms with Crippen LogP contribution in [0.1, 0.15) is 51.5 Å². The van der Waals surface area contributed by atoms with E-state index in [1.54, 1.807) is 0 Å². The molecule has 2 aromatic rings. The molecule has 23 heavy (non-hydrogen) atoms. The first-order valence-corrected chi connectivity index (χ1v) is 8.58. The van der Waals surface area contributed by atoms with Gasteiger partial charge in [0.25, 0.3) is 0 Å². The number of rotatable bonds is 9. The second-order valence-corrected chi connectivity index (χ2v) is 6.32. The summed E-state index contributed by atoms with van der Waals surface area (Å²) in [6, 6.07) is 8.59. The molecule has 0 aliphatic heterocycles. The van der Waals surface area contributed by atoms with Crippen molar-refractivity contribution in [3.8, 4) is 0 Å². The first-order valence-electron chi connectivity index (χ1n) is 8.58. The summed E-state index contributed by atoms with van der Waals surface area (Å²) in [7, 11) is 0. The molecule has 0 aliphatic rings. The van der Waals surface area contributed by atoms with Crippen molar-refractivity contribution in [2.45, 2.75) is 58.9 Å². The molecular formula is C20H27NO2. The maximum absolute atomic E-state index is 10.7. The van der Waals surface area contributed by atoms with Gasteiger partial charge in [0.15, 0.2) is 0 Å². The van der Waals surface area contributed by atoms with Gasteiger partial charge in [-0.3, -0.25) is 0 Å². The minimum absolute atomic E-state index is 0.685. The summed E-state index contributed by atoms with van der Waals surface area (Å²) in [5.74, 6) is -0.877. The number of hydrogen-bond acceptors (Lipinski definition) is 1. The Bertz CT molecular complexity index is 682. The minimum Gasteiger partial charge on any atom is -0.478 e. The van der Waals surface area contributed by atoms with Gasteiger partial charge in [-0.25, -0.2) is 4.79 Å². The van der Waals surface area contributed by atoms with E-state index in [1.165, 1.54) is 49.1 Å². The first kappa shape index (κ1) is 17.3. The normalized spacial score (nSPS) is 12.0. The van der Waals surface area contributed by atoms with Crippen molar-refractivity contribution in [1.82, 2.24) is 4.57 Å². The molecule has 0 spiro atoms. The van der Waals surface area contributed by atoms with Gasteiger partial charge >= 0.3 is 5.97 Å². The number of aliphatic carboxylic acids is 1. The molecule has 1 N–H and O–H groups in total. The zero-order chi connectivity index (χ0) is 16.7. The highest BCUT2D eigenvalue weighted by Crippen LogP contribution is 2.20. The third-order valence-corrected chi connectivity index (χ3v) is 4.19. The van der Waals surface area contributed by atoms with Gasteiger partial charge in [-0.05, 0) is 48.9 Å². The van der Waals surface area contributed by atoms with Gasteiger partial charge in [0, 0.05) is 24.3 Å². The monoisotopic (exact) mass is 313 g/mol. The summed E-state index contributed by atoms with van der Waals surface area (Å²) in [6.07, 6.45) is 10.6. The maximum Gasteiger partial charge on any atom is 0.328 e. The lowest BCUT2D eigenvalue weighted by Crippen LogP contribution is -1.96. The first-order chi connectivity index (χ1) is 11.1. The van der Waals surface area contributed by atoms with Gasteiger partial charge in [0.1, 0.15) is 0 Å². The molecule has 3 heteroatoms. The number of nitrogens with zero attached hydrogens (tertiary/aromatic N) is 1. The van der Waals surface area contributed by atoms with E-state index in [0.29, 0.717) is 6.42 Å². The lowest BCUT2D eigenvalue weighted by molar-refractivity contribution is -0.131. The fourth-order valence-corrected chi connectivity index (χ4v) is 3.02. The number of carboxylic acid groups (broad SMARTS) is 1. The summed E-state index contributed by atoms with van der Waals surface area (Å²) >= 11 is 0. The van der Waals surface area contributed by atoms with Crippen LogP contribution in [0.4, 0.5) is 0 Å². The van der Waals surface area contributed by atoms with Gasteiger partial charge in [-0.1, -0.05) is 44.2 Å². The number of unbranched alkanes of at least 4 members (excludes halogenated alkanes) is 4. The highest BCUT2D eigenvalue weighted by Gasteiger charge is 2.04. The molecule has 0 unspecified atom stereocenters. The standard InChI is InChI=1S/C20H27NO2/c1-3-4-5-6-7-11-21-12-10-18-15-17(8-9-19(18)21)13-16(2)14-20(22)23/h8-10,12,14-15H,3-7,11,13H2,1-2H3,(H,22,23). The summed E-state index contributed by atoms with van der Waals surface area (Å²) < 4.78 is 2.32. The van der Waals surface area contributed by atoms with Crippen molar-refractivity contribution >= 4 is 16.9 Å². The Morgan fingerprint density at radius 3 is 2.70 bits per heavy atom. The van der Waals surface area contributed by atoms with E-state index in [1.807, 2.05) is 6.92 Å². The molecule has 1 heterocycles. The average molecular weight is 313 g/mol. The molecule has 0 fully saturated rings. The Labute approximate surface area is 138 Å². The van der Waals surface area contributed by atoms with Crippen molar-refractivity contribution in [1.29, 1.82) is 0 Å². The third-order valence-electron chi connectivity index (χ3n) is 4.19. The van der Waals surface area contributed by atoms with Crippen molar-refractivity contribution < 1.29 is 9.90 Å². The van der Waals surface area contributed by atoms with Crippen LogP contribution in [-0.2, 0) is 17.8 Å². The molecule has 124 valence electrons. The van der Waals surface area contributed by atoms with Crippen LogP contribution in [0.2, 0.25) is 0 Å². The van der Waals surface area contributed by atoms with E-state index in [9.17, 15) is 4.79 Å². The summed E-state index contributed by atoms with van der Waals surface area (Å²) in [5, 5.41) is 10.0. The quantitative estimate of drug-likeness (QED) is 0.511. The van der Waals surface area contributed by atoms with E-state index in [-0.39, 0.29) is 0 Å². The average Bonchev–Trinajstić information content (AvgIpc) is 2.88. The zero-order valence-corrected chi connectivity index (χ0v) is 14.2. The topological polar surface area (TPSA) is 42.2 Å². The number of fused-ring (bicyclic) bond motifs is 1. The number of carbonyl (C=O) groups is 1. The number of aromatic nitrogens is 1. The van der Waals surface area contributed by atoms with Gasteiger partial charge in [-0.2, -0.15) is 0 Å². The predicted molar refractivity (Wildman–Crippen MR) is 95.8 cm³/mol. The fourth-order valence-electron chi connectivity index (χ4n) is 3.02. The lowest BCUT2D eigenvalue weighted by atomic mass is 10.0. The number of hydrogen-bond donors (Lipinski definition) is 1. The highest BCUT2D eigenvalue weighted by molar-refractivity contribution is 5.82. The lowest BCUT2D eigenvalue weighted by Gasteiger charge is -2.07. The SMILES string of the molecule is CCCCCCCn1ccc2cc(CC(C)=CC(=O)O)ccc21. The molecular weight excluding hydrogens is 286 g/mol. The molecule has 0 bridgehead atoms. The van der Waals surface area contributed by atoms with Crippen LogP contribution in [0.5, 0.6) is 0 Å². The van der Waals surface area contributed by atoms with Crippen molar-refractivity contribution in [3.63, 3.8) is 0 Å². The number of aryl methyl sites for hydroxylation is 1. The predicted octanol–water partition coefficient (Wildman–Crippen LogP) is 5.19. The van der Waals surface area contributed by atoms with Crippen LogP contribution < -0.4 is 0 Å². The van der Waals surface area contributed by atoms with Crippen molar-refractivity contribution in [2.24, 2.45) is 0 Å². The van der Waals surface area contributed by atoms with E-state index < -0.39 is 5.97 Å². The Balaban J connectivity index is 2.01. The van der Waals surface area contributed by atoms with Crippen LogP contribution in [0.25, 0.3) is 10.9 Å². The Hall–Kier alpha value is -2.03. The van der Waals surface area contributed by atoms with Crippen LogP contribution >= 0.6 is 0 Å². The van der Waals surface area contributed by atoms with E-state index >= 15 is 0 Å². The molecule has 0 saturated carbocycles. The second kappa shape index (κ2) is 8.56. The molecule has 0 atom stereocenters. The van der Waals surface area contributed by atoms with Crippen LogP contribution in [0.3, 0.4) is 0 Å². The van der Waals surface area contributed by atoms with Gasteiger partial charge in [-0.15, -0.1) is 0 Å². The maximum atomic E-state index is 10.7. The smallest absolute Gasteiger partial charge is 0.328 e. The van der Waals surface area contributed by atoms with Crippen molar-refractivity contribution in [3.05, 3.63) is 47.7 Å². The van der Waals surface area contributed by atoms with E-state index in [0.717, 1.165) is 17.7 Å². The van der Waals surface area contributed by atoms with Crippen LogP contribution in [-0.4, -0.2) is 15.6 Å². The van der Waals surface area contributed by atoms with Gasteiger partial charge < -0.3 is 9.67 Å². The Kier molecular flexibility index (Phi) is 6.45. The number of carboxylic acids is 1. The second-order valence-electron chi connectivity index (χ2n) is 6.32. The highest BCUT2D eigenvalue weighted by atomic mass is 16.4. The minimum atomic E-state index is -0.877. The van der Waals surface area contributed by atoms with Crippen LogP contribution in [0, 0.1) is 0 Å². The molecule has 2 rings (SSSR count). The molecule has 0 aliphatic carbocycles. The van der Waals surface area contributed by atoms with Crippen LogP contribution in [0.15, 0.2) is 42.1 Å². The summed E-state index contributed by atoms with van der Waals surface area (Å²) in [5.41, 5.74) is 3.30. The van der Waals surface area contributed by atoms with Crippen molar-refractivity contribution in [2.75, 3.05) is 0 Å². The molecule has 3 nitrogen and oxygen atoms in total. The Morgan fingerprint density at radius 2 is 1.96 bits per heavy atom. The largest absolute Gasteiger partial charge is 0.478 e. The number of allylic oxidation sites excluding steroid dienone is 1. The molecule has 0 radical (unpaired) electrons. The summed E-state index contributed by atoms with van der Waals surface area (Å²) in [4.78, 5) is 10.7. The molecule has 1 aromatic heterocycles. The molecule has 0 amide bonds. The van der Waals surface area contributed by atoms with E-state index in [4.69, 9.17) is 5.11 Å². The molecule has 1 aromatic carbocycles. The summed E-state index contributed by atoms with van der Waals surface area (Å²) in [6.45, 7) is 5.18.